The van der Waals surface area contributed by atoms with Crippen molar-refractivity contribution < 1.29 is 4.79 Å². The molecule has 1 amide bonds. The number of benzene rings is 2. The van der Waals surface area contributed by atoms with Gasteiger partial charge in [-0.15, -0.1) is 0 Å². The van der Waals surface area contributed by atoms with Gasteiger partial charge in [-0.3, -0.25) is 4.79 Å². The molecule has 0 fully saturated rings. The SMILES string of the molecule is CNc1cc(C)ccc1C(=O)Nc1ccc(C#N)cc1Br. The molecule has 0 heterocycles. The fourth-order valence-electron chi connectivity index (χ4n) is 1.94. The fraction of sp³-hybridized carbons (Fsp3) is 0.125. The Labute approximate surface area is 131 Å². The first kappa shape index (κ1) is 15.1. The van der Waals surface area contributed by atoms with E-state index in [0.29, 0.717) is 21.3 Å². The second kappa shape index (κ2) is 6.42. The van der Waals surface area contributed by atoms with Crippen molar-refractivity contribution in [2.24, 2.45) is 0 Å². The van der Waals surface area contributed by atoms with Gasteiger partial charge in [-0.25, -0.2) is 0 Å². The topological polar surface area (TPSA) is 64.9 Å². The lowest BCUT2D eigenvalue weighted by Crippen LogP contribution is -2.14. The first-order chi connectivity index (χ1) is 10.0. The Kier molecular flexibility index (Phi) is 4.61. The molecular weight excluding hydrogens is 330 g/mol. The molecule has 0 aliphatic heterocycles. The normalized spacial score (nSPS) is 9.81. The van der Waals surface area contributed by atoms with Gasteiger partial charge in [0.25, 0.3) is 5.91 Å². The van der Waals surface area contributed by atoms with E-state index in [0.717, 1.165) is 11.3 Å². The molecule has 0 aromatic heterocycles. The van der Waals surface area contributed by atoms with Gasteiger partial charge >= 0.3 is 0 Å². The van der Waals surface area contributed by atoms with E-state index in [-0.39, 0.29) is 5.91 Å². The van der Waals surface area contributed by atoms with Crippen molar-refractivity contribution >= 4 is 33.2 Å². The van der Waals surface area contributed by atoms with E-state index in [9.17, 15) is 4.79 Å². The molecule has 2 aromatic carbocycles. The van der Waals surface area contributed by atoms with Crippen molar-refractivity contribution in [3.05, 3.63) is 57.6 Å². The minimum Gasteiger partial charge on any atom is -0.387 e. The largest absolute Gasteiger partial charge is 0.387 e. The standard InChI is InChI=1S/C16H14BrN3O/c1-10-3-5-12(15(7-10)19-2)16(21)20-14-6-4-11(9-18)8-13(14)17/h3-8,19H,1-2H3,(H,20,21). The average Bonchev–Trinajstić information content (AvgIpc) is 2.48. The first-order valence-electron chi connectivity index (χ1n) is 6.34. The van der Waals surface area contributed by atoms with Gasteiger partial charge in [0.15, 0.2) is 0 Å². The molecule has 2 rings (SSSR count). The molecule has 106 valence electrons. The van der Waals surface area contributed by atoms with Crippen LogP contribution in [0.25, 0.3) is 0 Å². The molecule has 5 heteroatoms. The summed E-state index contributed by atoms with van der Waals surface area (Å²) in [6.07, 6.45) is 0. The highest BCUT2D eigenvalue weighted by molar-refractivity contribution is 9.10. The molecule has 4 nitrogen and oxygen atoms in total. The van der Waals surface area contributed by atoms with Crippen molar-refractivity contribution in [3.63, 3.8) is 0 Å². The summed E-state index contributed by atoms with van der Waals surface area (Å²) in [6, 6.07) is 12.7. The van der Waals surface area contributed by atoms with Gasteiger partial charge in [0.1, 0.15) is 0 Å². The maximum atomic E-state index is 12.4. The van der Waals surface area contributed by atoms with Crippen LogP contribution in [-0.2, 0) is 0 Å². The first-order valence-corrected chi connectivity index (χ1v) is 7.14. The van der Waals surface area contributed by atoms with E-state index < -0.39 is 0 Å². The molecule has 0 saturated heterocycles. The van der Waals surface area contributed by atoms with Crippen molar-refractivity contribution in [1.82, 2.24) is 0 Å². The Bertz CT molecular complexity index is 735. The Balaban J connectivity index is 2.28. The van der Waals surface area contributed by atoms with Gasteiger partial charge in [-0.2, -0.15) is 5.26 Å². The summed E-state index contributed by atoms with van der Waals surface area (Å²) < 4.78 is 0.674. The zero-order valence-electron chi connectivity index (χ0n) is 11.7. The Morgan fingerprint density at radius 1 is 1.19 bits per heavy atom. The molecule has 0 saturated carbocycles. The molecule has 0 aliphatic carbocycles. The fourth-order valence-corrected chi connectivity index (χ4v) is 2.42. The molecule has 2 N–H and O–H groups in total. The molecule has 21 heavy (non-hydrogen) atoms. The van der Waals surface area contributed by atoms with Crippen LogP contribution >= 0.6 is 15.9 Å². The second-order valence-electron chi connectivity index (χ2n) is 4.56. The number of hydrogen-bond acceptors (Lipinski definition) is 3. The molecule has 0 atom stereocenters. The van der Waals surface area contributed by atoms with Crippen LogP contribution in [-0.4, -0.2) is 13.0 Å². The third-order valence-electron chi connectivity index (χ3n) is 3.04. The summed E-state index contributed by atoms with van der Waals surface area (Å²) in [5.74, 6) is -0.204. The average molecular weight is 344 g/mol. The summed E-state index contributed by atoms with van der Waals surface area (Å²) in [5, 5.41) is 14.7. The number of amides is 1. The van der Waals surface area contributed by atoms with E-state index in [2.05, 4.69) is 32.6 Å². The van der Waals surface area contributed by atoms with Crippen LogP contribution < -0.4 is 10.6 Å². The highest BCUT2D eigenvalue weighted by atomic mass is 79.9. The highest BCUT2D eigenvalue weighted by Crippen LogP contribution is 2.25. The number of carbonyl (C=O) groups is 1. The summed E-state index contributed by atoms with van der Waals surface area (Å²) in [6.45, 7) is 1.97. The van der Waals surface area contributed by atoms with Crippen molar-refractivity contribution in [3.8, 4) is 6.07 Å². The molecular formula is C16H14BrN3O. The predicted octanol–water partition coefficient (Wildman–Crippen LogP) is 3.92. The Morgan fingerprint density at radius 2 is 1.95 bits per heavy atom. The molecule has 0 bridgehead atoms. The van der Waals surface area contributed by atoms with Crippen molar-refractivity contribution in [2.75, 3.05) is 17.7 Å². The molecule has 0 aliphatic rings. The van der Waals surface area contributed by atoms with E-state index >= 15 is 0 Å². The van der Waals surface area contributed by atoms with Crippen molar-refractivity contribution in [1.29, 1.82) is 5.26 Å². The smallest absolute Gasteiger partial charge is 0.257 e. The number of nitriles is 1. The van der Waals surface area contributed by atoms with Gasteiger partial charge in [-0.1, -0.05) is 6.07 Å². The predicted molar refractivity (Wildman–Crippen MR) is 87.5 cm³/mol. The van der Waals surface area contributed by atoms with Crippen LogP contribution in [0.15, 0.2) is 40.9 Å². The van der Waals surface area contributed by atoms with Gasteiger partial charge in [-0.05, 0) is 58.7 Å². The minimum atomic E-state index is -0.204. The van der Waals surface area contributed by atoms with Crippen LogP contribution in [0.4, 0.5) is 11.4 Å². The Hall–Kier alpha value is -2.32. The number of aryl methyl sites for hydroxylation is 1. The van der Waals surface area contributed by atoms with E-state index in [1.165, 1.54) is 0 Å². The van der Waals surface area contributed by atoms with Crippen LogP contribution in [0.5, 0.6) is 0 Å². The van der Waals surface area contributed by atoms with Crippen LogP contribution in [0, 0.1) is 18.3 Å². The number of rotatable bonds is 3. The number of hydrogen-bond donors (Lipinski definition) is 2. The zero-order valence-corrected chi connectivity index (χ0v) is 13.3. The van der Waals surface area contributed by atoms with Gasteiger partial charge in [0.2, 0.25) is 0 Å². The number of carbonyl (C=O) groups excluding carboxylic acids is 1. The number of anilines is 2. The van der Waals surface area contributed by atoms with Gasteiger partial charge in [0.05, 0.1) is 22.9 Å². The lowest BCUT2D eigenvalue weighted by molar-refractivity contribution is 0.102. The zero-order chi connectivity index (χ0) is 15.4. The van der Waals surface area contributed by atoms with Crippen LogP contribution in [0.2, 0.25) is 0 Å². The monoisotopic (exact) mass is 343 g/mol. The van der Waals surface area contributed by atoms with E-state index in [1.807, 2.05) is 19.1 Å². The molecule has 2 aromatic rings. The number of nitrogens with one attached hydrogen (secondary N) is 2. The van der Waals surface area contributed by atoms with Crippen molar-refractivity contribution in [2.45, 2.75) is 6.92 Å². The van der Waals surface area contributed by atoms with Crippen LogP contribution in [0.3, 0.4) is 0 Å². The molecule has 0 radical (unpaired) electrons. The van der Waals surface area contributed by atoms with E-state index in [1.54, 1.807) is 31.3 Å². The summed E-state index contributed by atoms with van der Waals surface area (Å²) in [7, 11) is 1.78. The quantitative estimate of drug-likeness (QED) is 0.887. The van der Waals surface area contributed by atoms with E-state index in [4.69, 9.17) is 5.26 Å². The summed E-state index contributed by atoms with van der Waals surface area (Å²) in [4.78, 5) is 12.4. The second-order valence-corrected chi connectivity index (χ2v) is 5.41. The maximum Gasteiger partial charge on any atom is 0.257 e. The molecule has 0 unspecified atom stereocenters. The number of halogens is 1. The Morgan fingerprint density at radius 3 is 2.57 bits per heavy atom. The lowest BCUT2D eigenvalue weighted by Gasteiger charge is -2.12. The highest BCUT2D eigenvalue weighted by Gasteiger charge is 2.12. The lowest BCUT2D eigenvalue weighted by atomic mass is 10.1. The maximum absolute atomic E-state index is 12.4. The third kappa shape index (κ3) is 3.41. The summed E-state index contributed by atoms with van der Waals surface area (Å²) >= 11 is 3.35. The minimum absolute atomic E-state index is 0.204. The number of nitrogens with zero attached hydrogens (tertiary/aromatic N) is 1. The summed E-state index contributed by atoms with van der Waals surface area (Å²) in [5.41, 5.74) is 3.58. The third-order valence-corrected chi connectivity index (χ3v) is 3.69. The van der Waals surface area contributed by atoms with Gasteiger partial charge < -0.3 is 10.6 Å². The van der Waals surface area contributed by atoms with Crippen LogP contribution in [0.1, 0.15) is 21.5 Å². The molecule has 0 spiro atoms. The van der Waals surface area contributed by atoms with Gasteiger partial charge in [0, 0.05) is 17.2 Å².